The van der Waals surface area contributed by atoms with Crippen molar-refractivity contribution >= 4 is 6.09 Å². The molecular weight excluding hydrogens is 386 g/mol. The van der Waals surface area contributed by atoms with Crippen molar-refractivity contribution in [1.29, 1.82) is 0 Å². The van der Waals surface area contributed by atoms with E-state index in [1.807, 2.05) is 34.6 Å². The number of rotatable bonds is 7. The summed E-state index contributed by atoms with van der Waals surface area (Å²) in [7, 11) is 1.68. The molecule has 0 bridgehead atoms. The van der Waals surface area contributed by atoms with Crippen LogP contribution in [0.5, 0.6) is 0 Å². The van der Waals surface area contributed by atoms with Crippen molar-refractivity contribution in [2.24, 2.45) is 17.8 Å². The highest BCUT2D eigenvalue weighted by Crippen LogP contribution is 2.21. The Bertz CT molecular complexity index is 390. The van der Waals surface area contributed by atoms with Crippen LogP contribution < -0.4 is 0 Å². The Hall–Kier alpha value is -0.770. The normalized spacial score (nSPS) is 18.7. The number of carbonyl (C=O) groups is 1. The SMILES string of the molecule is CC.CCC(C)C.CCCCCC(C)CC.COC1CN(C(=O)OC(C)(C)C)CC1C. The monoisotopic (exact) mass is 445 g/mol. The lowest BCUT2D eigenvalue weighted by atomic mass is 10.0. The van der Waals surface area contributed by atoms with Gasteiger partial charge >= 0.3 is 6.09 Å². The molecule has 0 aromatic carbocycles. The summed E-state index contributed by atoms with van der Waals surface area (Å²) < 4.78 is 10.6. The fourth-order valence-electron chi connectivity index (χ4n) is 2.67. The molecule has 190 valence electrons. The molecule has 0 radical (unpaired) electrons. The van der Waals surface area contributed by atoms with Gasteiger partial charge in [0.2, 0.25) is 0 Å². The maximum atomic E-state index is 11.7. The van der Waals surface area contributed by atoms with E-state index in [1.165, 1.54) is 38.5 Å². The number of methoxy groups -OCH3 is 1. The predicted octanol–water partition coefficient (Wildman–Crippen LogP) is 8.58. The largest absolute Gasteiger partial charge is 0.444 e. The second-order valence-electron chi connectivity index (χ2n) is 9.95. The van der Waals surface area contributed by atoms with Gasteiger partial charge in [-0.05, 0) is 32.6 Å². The van der Waals surface area contributed by atoms with E-state index in [0.717, 1.165) is 11.8 Å². The van der Waals surface area contributed by atoms with Crippen LogP contribution in [0.15, 0.2) is 0 Å². The average molecular weight is 446 g/mol. The van der Waals surface area contributed by atoms with Gasteiger partial charge in [0.15, 0.2) is 0 Å². The molecule has 1 saturated heterocycles. The molecule has 4 heteroatoms. The van der Waals surface area contributed by atoms with Crippen LogP contribution in [-0.4, -0.2) is 42.9 Å². The van der Waals surface area contributed by atoms with Gasteiger partial charge in [-0.2, -0.15) is 0 Å². The van der Waals surface area contributed by atoms with Gasteiger partial charge < -0.3 is 14.4 Å². The van der Waals surface area contributed by atoms with Crippen LogP contribution in [0, 0.1) is 17.8 Å². The molecule has 0 spiro atoms. The average Bonchev–Trinajstić information content (AvgIpc) is 3.10. The van der Waals surface area contributed by atoms with Gasteiger partial charge in [0.25, 0.3) is 0 Å². The summed E-state index contributed by atoms with van der Waals surface area (Å²) in [5, 5.41) is 0. The minimum atomic E-state index is -0.425. The number of hydrogen-bond donors (Lipinski definition) is 0. The summed E-state index contributed by atoms with van der Waals surface area (Å²) in [6, 6.07) is 0. The van der Waals surface area contributed by atoms with Crippen LogP contribution in [-0.2, 0) is 9.47 Å². The third-order valence-corrected chi connectivity index (χ3v) is 5.31. The second kappa shape index (κ2) is 21.1. The van der Waals surface area contributed by atoms with Crippen LogP contribution in [0.4, 0.5) is 4.79 Å². The Morgan fingerprint density at radius 2 is 1.52 bits per heavy atom. The molecular formula is C27H59NO3. The summed E-state index contributed by atoms with van der Waals surface area (Å²) in [6.45, 7) is 26.6. The molecule has 0 aromatic rings. The zero-order valence-corrected chi connectivity index (χ0v) is 23.6. The number of ether oxygens (including phenoxy) is 2. The molecule has 1 aliphatic rings. The van der Waals surface area contributed by atoms with Crippen LogP contribution >= 0.6 is 0 Å². The van der Waals surface area contributed by atoms with Crippen molar-refractivity contribution in [1.82, 2.24) is 4.90 Å². The van der Waals surface area contributed by atoms with E-state index in [2.05, 4.69) is 48.5 Å². The summed E-state index contributed by atoms with van der Waals surface area (Å²) in [5.74, 6) is 2.22. The van der Waals surface area contributed by atoms with Crippen LogP contribution in [0.2, 0.25) is 0 Å². The molecule has 0 N–H and O–H groups in total. The molecule has 0 saturated carbocycles. The molecule has 1 fully saturated rings. The maximum Gasteiger partial charge on any atom is 0.410 e. The molecule has 1 heterocycles. The zero-order valence-electron chi connectivity index (χ0n) is 23.6. The summed E-state index contributed by atoms with van der Waals surface area (Å²) in [6.07, 6.45) is 8.20. The standard InChI is InChI=1S/C11H21NO3.C9H20.C5H12.C2H6/c1-8-6-12(7-9(8)14-5)10(13)15-11(2,3)4;1-4-6-7-8-9(3)5-2;1-4-5(2)3;1-2/h8-9H,6-7H2,1-5H3;9H,4-8H2,1-3H3;5H,4H2,1-3H3;1-2H3. The maximum absolute atomic E-state index is 11.7. The van der Waals surface area contributed by atoms with Crippen molar-refractivity contribution in [3.63, 3.8) is 0 Å². The lowest BCUT2D eigenvalue weighted by Gasteiger charge is -2.24. The van der Waals surface area contributed by atoms with Gasteiger partial charge in [-0.1, -0.05) is 101 Å². The molecule has 3 atom stereocenters. The van der Waals surface area contributed by atoms with Gasteiger partial charge in [0.1, 0.15) is 5.60 Å². The Balaban J connectivity index is -0.000000417. The number of likely N-dealkylation sites (tertiary alicyclic amines) is 1. The molecule has 1 amide bonds. The molecule has 31 heavy (non-hydrogen) atoms. The van der Waals surface area contributed by atoms with E-state index in [-0.39, 0.29) is 12.2 Å². The highest BCUT2D eigenvalue weighted by Gasteiger charge is 2.34. The lowest BCUT2D eigenvalue weighted by molar-refractivity contribution is 0.0252. The van der Waals surface area contributed by atoms with Gasteiger partial charge in [0, 0.05) is 19.6 Å². The van der Waals surface area contributed by atoms with E-state index >= 15 is 0 Å². The molecule has 3 unspecified atom stereocenters. The van der Waals surface area contributed by atoms with Crippen molar-refractivity contribution in [2.45, 2.75) is 133 Å². The Labute approximate surface area is 196 Å². The zero-order chi connectivity index (χ0) is 25.0. The van der Waals surface area contributed by atoms with Gasteiger partial charge in [0.05, 0.1) is 12.6 Å². The summed E-state index contributed by atoms with van der Waals surface area (Å²) >= 11 is 0. The third kappa shape index (κ3) is 22.2. The van der Waals surface area contributed by atoms with Gasteiger partial charge in [-0.25, -0.2) is 4.79 Å². The van der Waals surface area contributed by atoms with Gasteiger partial charge in [-0.15, -0.1) is 0 Å². The van der Waals surface area contributed by atoms with E-state index in [1.54, 1.807) is 12.0 Å². The first-order valence-corrected chi connectivity index (χ1v) is 12.9. The van der Waals surface area contributed by atoms with Crippen molar-refractivity contribution in [3.05, 3.63) is 0 Å². The van der Waals surface area contributed by atoms with Crippen LogP contribution in [0.25, 0.3) is 0 Å². The van der Waals surface area contributed by atoms with Crippen molar-refractivity contribution in [3.8, 4) is 0 Å². The first-order valence-electron chi connectivity index (χ1n) is 12.9. The molecule has 0 aromatic heterocycles. The minimum Gasteiger partial charge on any atom is -0.444 e. The first-order chi connectivity index (χ1) is 14.4. The number of unbranched alkanes of at least 4 members (excludes halogenated alkanes) is 2. The first kappa shape index (κ1) is 34.8. The summed E-state index contributed by atoms with van der Waals surface area (Å²) in [4.78, 5) is 13.4. The van der Waals surface area contributed by atoms with Crippen LogP contribution in [0.1, 0.15) is 122 Å². The molecule has 0 aliphatic carbocycles. The Morgan fingerprint density at radius 3 is 1.84 bits per heavy atom. The van der Waals surface area contributed by atoms with E-state index < -0.39 is 5.60 Å². The Morgan fingerprint density at radius 1 is 1.00 bits per heavy atom. The number of carbonyl (C=O) groups excluding carboxylic acids is 1. The smallest absolute Gasteiger partial charge is 0.410 e. The van der Waals surface area contributed by atoms with Crippen LogP contribution in [0.3, 0.4) is 0 Å². The van der Waals surface area contributed by atoms with Crippen molar-refractivity contribution < 1.29 is 14.3 Å². The van der Waals surface area contributed by atoms with E-state index in [0.29, 0.717) is 19.0 Å². The van der Waals surface area contributed by atoms with E-state index in [9.17, 15) is 4.79 Å². The number of amides is 1. The number of nitrogens with zero attached hydrogens (tertiary/aromatic N) is 1. The highest BCUT2D eigenvalue weighted by molar-refractivity contribution is 5.68. The summed E-state index contributed by atoms with van der Waals surface area (Å²) in [5.41, 5.74) is -0.425. The Kier molecular flexibility index (Phi) is 23.7. The molecule has 1 rings (SSSR count). The van der Waals surface area contributed by atoms with Crippen molar-refractivity contribution in [2.75, 3.05) is 20.2 Å². The van der Waals surface area contributed by atoms with Gasteiger partial charge in [-0.3, -0.25) is 0 Å². The highest BCUT2D eigenvalue weighted by atomic mass is 16.6. The minimum absolute atomic E-state index is 0.137. The lowest BCUT2D eigenvalue weighted by Crippen LogP contribution is -2.36. The van der Waals surface area contributed by atoms with E-state index in [4.69, 9.17) is 9.47 Å². The molecule has 4 nitrogen and oxygen atoms in total. The quantitative estimate of drug-likeness (QED) is 0.368. The fraction of sp³-hybridized carbons (Fsp3) is 0.963. The number of hydrogen-bond acceptors (Lipinski definition) is 3. The topological polar surface area (TPSA) is 38.8 Å². The second-order valence-corrected chi connectivity index (χ2v) is 9.95. The predicted molar refractivity (Wildman–Crippen MR) is 138 cm³/mol. The fourth-order valence-corrected chi connectivity index (χ4v) is 2.67. The molecule has 1 aliphatic heterocycles. The third-order valence-electron chi connectivity index (χ3n) is 5.31.